The van der Waals surface area contributed by atoms with Gasteiger partial charge in [0.2, 0.25) is 10.0 Å². The fourth-order valence-corrected chi connectivity index (χ4v) is 4.18. The molecule has 0 radical (unpaired) electrons. The van der Waals surface area contributed by atoms with E-state index >= 15 is 0 Å². The molecule has 122 valence electrons. The number of piperazine rings is 1. The Morgan fingerprint density at radius 2 is 1.78 bits per heavy atom. The van der Waals surface area contributed by atoms with Crippen molar-refractivity contribution in [3.05, 3.63) is 60.2 Å². The third-order valence-electron chi connectivity index (χ3n) is 4.04. The lowest BCUT2D eigenvalue weighted by molar-refractivity contribution is -0.917. The van der Waals surface area contributed by atoms with Crippen LogP contribution in [0.3, 0.4) is 0 Å². The number of hydrogen-bond donors (Lipinski definition) is 1. The zero-order valence-electron chi connectivity index (χ0n) is 12.7. The second kappa shape index (κ2) is 6.74. The fraction of sp³-hybridized carbons (Fsp3) is 0.312. The van der Waals surface area contributed by atoms with Crippen molar-refractivity contribution in [3.63, 3.8) is 0 Å². The highest BCUT2D eigenvalue weighted by atomic mass is 32.2. The van der Waals surface area contributed by atoms with Crippen molar-refractivity contribution in [2.45, 2.75) is 11.4 Å². The van der Waals surface area contributed by atoms with Crippen LogP contribution in [0.1, 0.15) is 5.69 Å². The van der Waals surface area contributed by atoms with Crippen molar-refractivity contribution in [2.75, 3.05) is 26.2 Å². The Bertz CT molecular complexity index is 743. The van der Waals surface area contributed by atoms with Gasteiger partial charge >= 0.3 is 0 Å². The average molecular weight is 336 g/mol. The van der Waals surface area contributed by atoms with Gasteiger partial charge in [-0.25, -0.2) is 12.8 Å². The summed E-state index contributed by atoms with van der Waals surface area (Å²) in [5.74, 6) is -0.437. The average Bonchev–Trinajstić information content (AvgIpc) is 2.57. The molecule has 0 bridgehead atoms. The zero-order chi connectivity index (χ0) is 16.3. The van der Waals surface area contributed by atoms with E-state index < -0.39 is 15.8 Å². The Hall–Kier alpha value is -1.83. The van der Waals surface area contributed by atoms with Crippen LogP contribution < -0.4 is 4.90 Å². The fourth-order valence-electron chi connectivity index (χ4n) is 2.73. The van der Waals surface area contributed by atoms with Gasteiger partial charge in [-0.3, -0.25) is 4.98 Å². The molecule has 0 amide bonds. The Kier molecular flexibility index (Phi) is 4.70. The van der Waals surface area contributed by atoms with Crippen LogP contribution in [0.4, 0.5) is 4.39 Å². The van der Waals surface area contributed by atoms with Crippen molar-refractivity contribution >= 4 is 10.0 Å². The topological polar surface area (TPSA) is 54.7 Å². The van der Waals surface area contributed by atoms with Gasteiger partial charge in [-0.1, -0.05) is 6.07 Å². The second-order valence-corrected chi connectivity index (χ2v) is 7.54. The Balaban J connectivity index is 1.63. The van der Waals surface area contributed by atoms with Crippen molar-refractivity contribution in [1.29, 1.82) is 0 Å². The molecule has 1 saturated heterocycles. The third-order valence-corrected chi connectivity index (χ3v) is 5.95. The van der Waals surface area contributed by atoms with Gasteiger partial charge < -0.3 is 4.90 Å². The van der Waals surface area contributed by atoms with Gasteiger partial charge in [0.1, 0.15) is 12.4 Å². The third kappa shape index (κ3) is 3.74. The summed E-state index contributed by atoms with van der Waals surface area (Å²) in [5, 5.41) is 0. The van der Waals surface area contributed by atoms with Gasteiger partial charge in [-0.2, -0.15) is 4.31 Å². The van der Waals surface area contributed by atoms with Crippen molar-refractivity contribution < 1.29 is 17.7 Å². The largest absolute Gasteiger partial charge is 0.328 e. The van der Waals surface area contributed by atoms with Crippen LogP contribution in [-0.2, 0) is 16.6 Å². The molecule has 1 aromatic carbocycles. The summed E-state index contributed by atoms with van der Waals surface area (Å²) in [6.07, 6.45) is 1.77. The summed E-state index contributed by atoms with van der Waals surface area (Å²) in [4.78, 5) is 5.77. The molecule has 1 fully saturated rings. The highest BCUT2D eigenvalue weighted by Gasteiger charge is 2.30. The highest BCUT2D eigenvalue weighted by molar-refractivity contribution is 7.89. The summed E-state index contributed by atoms with van der Waals surface area (Å²) in [7, 11) is -3.54. The lowest BCUT2D eigenvalue weighted by Gasteiger charge is -2.31. The normalized spacial score (nSPS) is 17.3. The maximum atomic E-state index is 13.0. The van der Waals surface area contributed by atoms with Crippen LogP contribution in [0.5, 0.6) is 0 Å². The molecular formula is C16H19FN3O2S+. The van der Waals surface area contributed by atoms with Crippen LogP contribution in [0.25, 0.3) is 0 Å². The van der Waals surface area contributed by atoms with E-state index in [9.17, 15) is 12.8 Å². The monoisotopic (exact) mass is 336 g/mol. The van der Waals surface area contributed by atoms with Crippen LogP contribution >= 0.6 is 0 Å². The van der Waals surface area contributed by atoms with E-state index in [0.717, 1.165) is 25.3 Å². The number of quaternary nitrogens is 1. The molecule has 1 N–H and O–H groups in total. The molecule has 2 aromatic rings. The maximum Gasteiger partial charge on any atom is 0.243 e. The first-order chi connectivity index (χ1) is 11.1. The zero-order valence-corrected chi connectivity index (χ0v) is 13.5. The highest BCUT2D eigenvalue weighted by Crippen LogP contribution is 2.16. The van der Waals surface area contributed by atoms with Gasteiger partial charge in [-0.05, 0) is 36.4 Å². The number of nitrogens with zero attached hydrogens (tertiary/aromatic N) is 2. The predicted molar refractivity (Wildman–Crippen MR) is 83.8 cm³/mol. The van der Waals surface area contributed by atoms with E-state index in [1.165, 1.54) is 33.5 Å². The molecule has 0 atom stereocenters. The molecule has 0 aliphatic carbocycles. The first-order valence-corrected chi connectivity index (χ1v) is 8.99. The molecule has 1 aliphatic rings. The van der Waals surface area contributed by atoms with E-state index in [1.807, 2.05) is 18.2 Å². The van der Waals surface area contributed by atoms with Crippen LogP contribution in [0.15, 0.2) is 53.6 Å². The first-order valence-electron chi connectivity index (χ1n) is 7.55. The minimum Gasteiger partial charge on any atom is -0.328 e. The van der Waals surface area contributed by atoms with E-state index in [1.54, 1.807) is 6.20 Å². The Morgan fingerprint density at radius 1 is 1.09 bits per heavy atom. The molecule has 3 rings (SSSR count). The number of rotatable bonds is 4. The molecule has 2 heterocycles. The summed E-state index contributed by atoms with van der Waals surface area (Å²) in [6.45, 7) is 3.18. The summed E-state index contributed by atoms with van der Waals surface area (Å²) in [5.41, 5.74) is 1.01. The van der Waals surface area contributed by atoms with E-state index in [0.29, 0.717) is 13.1 Å². The SMILES string of the molecule is O=S(=O)(c1ccc(F)cc1)N1CC[NH+](Cc2ccccn2)CC1. The smallest absolute Gasteiger partial charge is 0.243 e. The van der Waals surface area contributed by atoms with Gasteiger partial charge in [0.25, 0.3) is 0 Å². The quantitative estimate of drug-likeness (QED) is 0.874. The number of nitrogens with one attached hydrogen (secondary N) is 1. The van der Waals surface area contributed by atoms with E-state index in [2.05, 4.69) is 4.98 Å². The number of halogens is 1. The lowest BCUT2D eigenvalue weighted by atomic mass is 10.3. The van der Waals surface area contributed by atoms with Crippen LogP contribution in [0.2, 0.25) is 0 Å². The Morgan fingerprint density at radius 3 is 2.39 bits per heavy atom. The number of hydrogen-bond acceptors (Lipinski definition) is 3. The predicted octanol–water partition coefficient (Wildman–Crippen LogP) is 0.310. The van der Waals surface area contributed by atoms with Gasteiger partial charge in [-0.15, -0.1) is 0 Å². The molecule has 7 heteroatoms. The molecule has 0 unspecified atom stereocenters. The molecule has 1 aromatic heterocycles. The van der Waals surface area contributed by atoms with Gasteiger partial charge in [0.05, 0.1) is 36.8 Å². The van der Waals surface area contributed by atoms with Gasteiger partial charge in [0, 0.05) is 6.20 Å². The standard InChI is InChI=1S/C16H18FN3O2S/c17-14-4-6-16(7-5-14)23(21,22)20-11-9-19(10-12-20)13-15-3-1-2-8-18-15/h1-8H,9-13H2/p+1. The maximum absolute atomic E-state index is 13.0. The molecule has 5 nitrogen and oxygen atoms in total. The first kappa shape index (κ1) is 16.0. The second-order valence-electron chi connectivity index (χ2n) is 5.61. The van der Waals surface area contributed by atoms with Crippen LogP contribution in [-0.4, -0.2) is 43.9 Å². The summed E-state index contributed by atoms with van der Waals surface area (Å²) < 4.78 is 39.5. The number of sulfonamides is 1. The van der Waals surface area contributed by atoms with Crippen molar-refractivity contribution in [2.24, 2.45) is 0 Å². The molecule has 1 aliphatic heterocycles. The molecule has 0 saturated carbocycles. The van der Waals surface area contributed by atoms with E-state index in [-0.39, 0.29) is 4.90 Å². The molecule has 23 heavy (non-hydrogen) atoms. The number of aromatic nitrogens is 1. The number of benzene rings is 1. The molecule has 0 spiro atoms. The minimum atomic E-state index is -3.54. The summed E-state index contributed by atoms with van der Waals surface area (Å²) >= 11 is 0. The lowest BCUT2D eigenvalue weighted by Crippen LogP contribution is -3.13. The van der Waals surface area contributed by atoms with Crippen molar-refractivity contribution in [3.8, 4) is 0 Å². The Labute approximate surface area is 135 Å². The summed E-state index contributed by atoms with van der Waals surface area (Å²) in [6, 6.07) is 10.8. The van der Waals surface area contributed by atoms with Crippen molar-refractivity contribution in [1.82, 2.24) is 9.29 Å². The minimum absolute atomic E-state index is 0.145. The van der Waals surface area contributed by atoms with Gasteiger partial charge in [0.15, 0.2) is 0 Å². The number of pyridine rings is 1. The van der Waals surface area contributed by atoms with E-state index in [4.69, 9.17) is 0 Å². The van der Waals surface area contributed by atoms with Crippen LogP contribution in [0, 0.1) is 5.82 Å². The molecular weight excluding hydrogens is 317 g/mol.